The van der Waals surface area contributed by atoms with Crippen molar-refractivity contribution in [1.29, 1.82) is 0 Å². The summed E-state index contributed by atoms with van der Waals surface area (Å²) in [6.45, 7) is 3.36. The molecule has 0 radical (unpaired) electrons. The average molecular weight is 167 g/mol. The van der Waals surface area contributed by atoms with Crippen LogP contribution in [-0.4, -0.2) is 23.6 Å². The van der Waals surface area contributed by atoms with Crippen molar-refractivity contribution in [1.82, 2.24) is 4.90 Å². The normalized spacial score (nSPS) is 18.6. The predicted molar refractivity (Wildman–Crippen MR) is 45.4 cm³/mol. The van der Waals surface area contributed by atoms with Crippen LogP contribution in [0.25, 0.3) is 0 Å². The number of hydrogen-bond acceptors (Lipinski definition) is 2. The van der Waals surface area contributed by atoms with Crippen molar-refractivity contribution >= 4 is 11.7 Å². The minimum atomic E-state index is 0.0758. The zero-order valence-corrected chi connectivity index (χ0v) is 7.68. The second-order valence-corrected chi connectivity index (χ2v) is 3.07. The lowest BCUT2D eigenvalue weighted by Crippen LogP contribution is -2.30. The van der Waals surface area contributed by atoms with E-state index in [1.807, 2.05) is 6.92 Å². The van der Waals surface area contributed by atoms with E-state index in [2.05, 4.69) is 0 Å². The minimum Gasteiger partial charge on any atom is -0.319 e. The molecule has 1 rings (SSSR count). The van der Waals surface area contributed by atoms with Gasteiger partial charge in [-0.1, -0.05) is 0 Å². The van der Waals surface area contributed by atoms with Gasteiger partial charge >= 0.3 is 0 Å². The van der Waals surface area contributed by atoms with E-state index in [1.165, 1.54) is 0 Å². The fourth-order valence-electron chi connectivity index (χ4n) is 1.40. The molecule has 1 aliphatic rings. The van der Waals surface area contributed by atoms with Gasteiger partial charge in [-0.05, 0) is 20.3 Å². The lowest BCUT2D eigenvalue weighted by atomic mass is 10.00. The van der Waals surface area contributed by atoms with E-state index in [9.17, 15) is 9.59 Å². The molecule has 66 valence electrons. The molecule has 0 aromatic carbocycles. The van der Waals surface area contributed by atoms with Crippen LogP contribution < -0.4 is 0 Å². The highest BCUT2D eigenvalue weighted by molar-refractivity contribution is 5.96. The number of carbonyl (C=O) groups excluding carboxylic acids is 2. The highest BCUT2D eigenvalue weighted by Gasteiger charge is 2.22. The Balaban J connectivity index is 3.00. The van der Waals surface area contributed by atoms with Gasteiger partial charge in [0.2, 0.25) is 5.91 Å². The molecule has 1 aliphatic heterocycles. The molecule has 3 heteroatoms. The van der Waals surface area contributed by atoms with E-state index >= 15 is 0 Å². The maximum atomic E-state index is 11.2. The van der Waals surface area contributed by atoms with Gasteiger partial charge < -0.3 is 4.90 Å². The van der Waals surface area contributed by atoms with E-state index < -0.39 is 0 Å². The number of allylic oxidation sites excluding steroid dienone is 2. The molecule has 1 heterocycles. The average Bonchev–Trinajstić information content (AvgIpc) is 2.00. The lowest BCUT2D eigenvalue weighted by molar-refractivity contribution is -0.129. The summed E-state index contributed by atoms with van der Waals surface area (Å²) >= 11 is 0. The topological polar surface area (TPSA) is 37.4 Å². The molecule has 0 aromatic heterocycles. The van der Waals surface area contributed by atoms with Gasteiger partial charge in [-0.2, -0.15) is 0 Å². The van der Waals surface area contributed by atoms with Crippen molar-refractivity contribution in [3.8, 4) is 0 Å². The Labute approximate surface area is 72.0 Å². The zero-order chi connectivity index (χ0) is 9.30. The molecule has 0 saturated heterocycles. The minimum absolute atomic E-state index is 0.0758. The maximum absolute atomic E-state index is 11.2. The van der Waals surface area contributed by atoms with Crippen molar-refractivity contribution in [2.24, 2.45) is 0 Å². The summed E-state index contributed by atoms with van der Waals surface area (Å²) in [4.78, 5) is 23.8. The fourth-order valence-corrected chi connectivity index (χ4v) is 1.40. The van der Waals surface area contributed by atoms with Crippen LogP contribution in [0.3, 0.4) is 0 Å². The molecule has 0 aromatic rings. The van der Waals surface area contributed by atoms with Crippen LogP contribution in [0.5, 0.6) is 0 Å². The molecule has 0 saturated carbocycles. The second kappa shape index (κ2) is 3.09. The van der Waals surface area contributed by atoms with E-state index in [-0.39, 0.29) is 11.7 Å². The molecule has 0 N–H and O–H groups in total. The summed E-state index contributed by atoms with van der Waals surface area (Å²) in [6, 6.07) is 0. The first-order valence-corrected chi connectivity index (χ1v) is 4.01. The Morgan fingerprint density at radius 3 is 2.50 bits per heavy atom. The van der Waals surface area contributed by atoms with Crippen molar-refractivity contribution < 1.29 is 9.59 Å². The standard InChI is InChI=1S/C9H13NO2/c1-6-8(7(2)11)4-5-9(12)10(6)3/h4-5H2,1-3H3. The number of ketones is 1. The molecule has 0 aliphatic carbocycles. The van der Waals surface area contributed by atoms with E-state index in [1.54, 1.807) is 18.9 Å². The first-order chi connectivity index (χ1) is 5.54. The fraction of sp³-hybridized carbons (Fsp3) is 0.556. The molecule has 3 nitrogen and oxygen atoms in total. The van der Waals surface area contributed by atoms with Gasteiger partial charge in [0.05, 0.1) is 0 Å². The predicted octanol–water partition coefficient (Wildman–Crippen LogP) is 1.10. The molecular weight excluding hydrogens is 154 g/mol. The summed E-state index contributed by atoms with van der Waals surface area (Å²) in [7, 11) is 1.71. The first kappa shape index (κ1) is 8.97. The van der Waals surface area contributed by atoms with Crippen LogP contribution in [0.15, 0.2) is 11.3 Å². The quantitative estimate of drug-likeness (QED) is 0.586. The third kappa shape index (κ3) is 1.40. The summed E-state index contributed by atoms with van der Waals surface area (Å²) < 4.78 is 0. The summed E-state index contributed by atoms with van der Waals surface area (Å²) in [6.07, 6.45) is 1.06. The number of nitrogens with zero attached hydrogens (tertiary/aromatic N) is 1. The number of Topliss-reactive ketones (excluding diaryl/α,β-unsaturated/α-hetero) is 1. The van der Waals surface area contributed by atoms with Crippen LogP contribution in [0.4, 0.5) is 0 Å². The van der Waals surface area contributed by atoms with Gasteiger partial charge in [0.15, 0.2) is 5.78 Å². The molecule has 0 unspecified atom stereocenters. The number of hydrogen-bond donors (Lipinski definition) is 0. The van der Waals surface area contributed by atoms with Crippen LogP contribution >= 0.6 is 0 Å². The van der Waals surface area contributed by atoms with E-state index in [4.69, 9.17) is 0 Å². The monoisotopic (exact) mass is 167 g/mol. The Bertz CT molecular complexity index is 266. The highest BCUT2D eigenvalue weighted by Crippen LogP contribution is 2.21. The molecule has 1 amide bonds. The number of amides is 1. The number of rotatable bonds is 1. The van der Waals surface area contributed by atoms with Crippen molar-refractivity contribution in [3.05, 3.63) is 11.3 Å². The van der Waals surface area contributed by atoms with Gasteiger partial charge in [-0.15, -0.1) is 0 Å². The Kier molecular flexibility index (Phi) is 2.31. The molecule has 0 bridgehead atoms. The third-order valence-corrected chi connectivity index (χ3v) is 2.33. The van der Waals surface area contributed by atoms with Crippen LogP contribution in [0.1, 0.15) is 26.7 Å². The first-order valence-electron chi connectivity index (χ1n) is 4.01. The summed E-state index contributed by atoms with van der Waals surface area (Å²) in [5.74, 6) is 0.171. The zero-order valence-electron chi connectivity index (χ0n) is 7.68. The van der Waals surface area contributed by atoms with E-state index in [0.717, 1.165) is 11.3 Å². The molecule has 12 heavy (non-hydrogen) atoms. The highest BCUT2D eigenvalue weighted by atomic mass is 16.2. The van der Waals surface area contributed by atoms with Crippen molar-refractivity contribution in [2.75, 3.05) is 7.05 Å². The number of carbonyl (C=O) groups is 2. The summed E-state index contributed by atoms with van der Waals surface area (Å²) in [5, 5.41) is 0. The molecule has 0 atom stereocenters. The Hall–Kier alpha value is -1.12. The van der Waals surface area contributed by atoms with E-state index in [0.29, 0.717) is 12.8 Å². The van der Waals surface area contributed by atoms with Crippen LogP contribution in [0, 0.1) is 0 Å². The second-order valence-electron chi connectivity index (χ2n) is 3.07. The lowest BCUT2D eigenvalue weighted by Gasteiger charge is -2.25. The van der Waals surface area contributed by atoms with Crippen LogP contribution in [0.2, 0.25) is 0 Å². The molecule has 0 spiro atoms. The van der Waals surface area contributed by atoms with Gasteiger partial charge in [-0.25, -0.2) is 0 Å². The smallest absolute Gasteiger partial charge is 0.226 e. The summed E-state index contributed by atoms with van der Waals surface area (Å²) in [5.41, 5.74) is 1.59. The van der Waals surface area contributed by atoms with Gasteiger partial charge in [0, 0.05) is 24.7 Å². The Morgan fingerprint density at radius 1 is 1.42 bits per heavy atom. The maximum Gasteiger partial charge on any atom is 0.226 e. The molecular formula is C9H13NO2. The molecule has 0 fully saturated rings. The van der Waals surface area contributed by atoms with Crippen LogP contribution in [-0.2, 0) is 9.59 Å². The van der Waals surface area contributed by atoms with Crippen molar-refractivity contribution in [2.45, 2.75) is 26.7 Å². The van der Waals surface area contributed by atoms with Gasteiger partial charge in [-0.3, -0.25) is 9.59 Å². The Morgan fingerprint density at radius 2 is 2.00 bits per heavy atom. The van der Waals surface area contributed by atoms with Crippen molar-refractivity contribution in [3.63, 3.8) is 0 Å². The van der Waals surface area contributed by atoms with Gasteiger partial charge in [0.25, 0.3) is 0 Å². The van der Waals surface area contributed by atoms with Gasteiger partial charge in [0.1, 0.15) is 0 Å². The SMILES string of the molecule is CC(=O)C1=C(C)N(C)C(=O)CC1. The third-order valence-electron chi connectivity index (χ3n) is 2.33. The largest absolute Gasteiger partial charge is 0.319 e.